The molecule has 7 nitrogen and oxygen atoms in total. The normalized spacial score (nSPS) is 10.2. The number of amides is 2. The molecule has 3 rings (SSSR count). The van der Waals surface area contributed by atoms with Crippen molar-refractivity contribution in [2.24, 2.45) is 0 Å². The summed E-state index contributed by atoms with van der Waals surface area (Å²) in [5.74, 6) is -1.19. The van der Waals surface area contributed by atoms with Crippen LogP contribution in [0.1, 0.15) is 31.3 Å². The number of anilines is 2. The van der Waals surface area contributed by atoms with Crippen molar-refractivity contribution in [2.45, 2.75) is 0 Å². The molecule has 8 heteroatoms. The second-order valence-electron chi connectivity index (χ2n) is 5.12. The highest BCUT2D eigenvalue weighted by molar-refractivity contribution is 7.14. The molecule has 2 N–H and O–H groups in total. The van der Waals surface area contributed by atoms with E-state index in [4.69, 9.17) is 4.42 Å². The number of carbonyl (C=O) groups is 3. The van der Waals surface area contributed by atoms with E-state index in [1.165, 1.54) is 36.8 Å². The molecule has 2 amide bonds. The van der Waals surface area contributed by atoms with Crippen molar-refractivity contribution in [2.75, 3.05) is 17.7 Å². The summed E-state index contributed by atoms with van der Waals surface area (Å²) in [6.45, 7) is 0. The molecule has 0 aliphatic heterocycles. The van der Waals surface area contributed by atoms with Crippen molar-refractivity contribution in [1.29, 1.82) is 0 Å². The Balaban J connectivity index is 1.74. The lowest BCUT2D eigenvalue weighted by Crippen LogP contribution is -2.15. The average molecular weight is 370 g/mol. The zero-order chi connectivity index (χ0) is 18.5. The third kappa shape index (κ3) is 3.81. The van der Waals surface area contributed by atoms with Gasteiger partial charge in [-0.25, -0.2) is 4.79 Å². The molecular formula is C18H14N2O5S. The van der Waals surface area contributed by atoms with E-state index in [0.717, 1.165) is 0 Å². The van der Waals surface area contributed by atoms with E-state index < -0.39 is 17.8 Å². The molecule has 0 fully saturated rings. The van der Waals surface area contributed by atoms with Crippen LogP contribution in [0.4, 0.5) is 10.7 Å². The molecule has 2 heterocycles. The predicted molar refractivity (Wildman–Crippen MR) is 96.7 cm³/mol. The van der Waals surface area contributed by atoms with Crippen LogP contribution in [0.25, 0.3) is 0 Å². The van der Waals surface area contributed by atoms with Crippen molar-refractivity contribution < 1.29 is 23.5 Å². The van der Waals surface area contributed by atoms with Gasteiger partial charge in [0.2, 0.25) is 0 Å². The summed E-state index contributed by atoms with van der Waals surface area (Å²) in [4.78, 5) is 36.1. The van der Waals surface area contributed by atoms with Crippen molar-refractivity contribution in [1.82, 2.24) is 0 Å². The molecule has 0 saturated carbocycles. The molecule has 1 aromatic carbocycles. The molecule has 0 aliphatic rings. The highest BCUT2D eigenvalue weighted by Gasteiger charge is 2.17. The van der Waals surface area contributed by atoms with Crippen LogP contribution in [0.5, 0.6) is 0 Å². The quantitative estimate of drug-likeness (QED) is 0.668. The minimum absolute atomic E-state index is 0.168. The van der Waals surface area contributed by atoms with Gasteiger partial charge in [-0.05, 0) is 41.8 Å². The van der Waals surface area contributed by atoms with Crippen LogP contribution in [0.2, 0.25) is 0 Å². The highest BCUT2D eigenvalue weighted by atomic mass is 32.1. The summed E-state index contributed by atoms with van der Waals surface area (Å²) >= 11 is 1.21. The van der Waals surface area contributed by atoms with Gasteiger partial charge in [-0.2, -0.15) is 0 Å². The van der Waals surface area contributed by atoms with Gasteiger partial charge in [-0.15, -0.1) is 11.3 Å². The number of methoxy groups -OCH3 is 1. The summed E-state index contributed by atoms with van der Waals surface area (Å²) < 4.78 is 9.71. The number of rotatable bonds is 5. The zero-order valence-electron chi connectivity index (χ0n) is 13.6. The first-order valence-electron chi connectivity index (χ1n) is 7.50. The molecular weight excluding hydrogens is 356 g/mol. The molecule has 3 aromatic rings. The fraction of sp³-hybridized carbons (Fsp3) is 0.0556. The van der Waals surface area contributed by atoms with Gasteiger partial charge in [0.25, 0.3) is 11.8 Å². The van der Waals surface area contributed by atoms with Crippen molar-refractivity contribution in [3.63, 3.8) is 0 Å². The first-order chi connectivity index (χ1) is 12.6. The van der Waals surface area contributed by atoms with Crippen molar-refractivity contribution in [3.8, 4) is 0 Å². The summed E-state index contributed by atoms with van der Waals surface area (Å²) in [6, 6.07) is 11.2. The summed E-state index contributed by atoms with van der Waals surface area (Å²) in [5, 5.41) is 7.41. The number of hydrogen-bond acceptors (Lipinski definition) is 6. The summed E-state index contributed by atoms with van der Waals surface area (Å²) in [7, 11) is 1.27. The molecule has 26 heavy (non-hydrogen) atoms. The number of nitrogens with one attached hydrogen (secondary N) is 2. The molecule has 0 spiro atoms. The van der Waals surface area contributed by atoms with Gasteiger partial charge in [0.05, 0.1) is 18.9 Å². The molecule has 0 unspecified atom stereocenters. The van der Waals surface area contributed by atoms with Gasteiger partial charge in [0.1, 0.15) is 5.00 Å². The van der Waals surface area contributed by atoms with Crippen LogP contribution in [0.15, 0.2) is 58.5 Å². The summed E-state index contributed by atoms with van der Waals surface area (Å²) in [5.41, 5.74) is 1.05. The predicted octanol–water partition coefficient (Wildman–Crippen LogP) is 3.63. The van der Waals surface area contributed by atoms with E-state index in [1.54, 1.807) is 35.7 Å². The third-order valence-electron chi connectivity index (χ3n) is 3.43. The SMILES string of the molecule is COC(=O)c1ccsc1NC(=O)c1cccc(NC(=O)c2ccco2)c1. The Labute approximate surface area is 152 Å². The minimum atomic E-state index is -0.527. The van der Waals surface area contributed by atoms with Crippen LogP contribution in [0, 0.1) is 0 Å². The number of benzene rings is 1. The van der Waals surface area contributed by atoms with Crippen LogP contribution in [0.3, 0.4) is 0 Å². The lowest BCUT2D eigenvalue weighted by molar-refractivity contribution is 0.0602. The fourth-order valence-corrected chi connectivity index (χ4v) is 2.96. The van der Waals surface area contributed by atoms with Crippen LogP contribution in [-0.2, 0) is 4.74 Å². The fourth-order valence-electron chi connectivity index (χ4n) is 2.19. The topological polar surface area (TPSA) is 97.6 Å². The van der Waals surface area contributed by atoms with E-state index in [1.807, 2.05) is 0 Å². The zero-order valence-corrected chi connectivity index (χ0v) is 14.5. The Morgan fingerprint density at radius 3 is 2.62 bits per heavy atom. The molecule has 0 bridgehead atoms. The molecule has 0 radical (unpaired) electrons. The van der Waals surface area contributed by atoms with E-state index in [-0.39, 0.29) is 11.3 Å². The number of carbonyl (C=O) groups excluding carboxylic acids is 3. The molecule has 0 atom stereocenters. The van der Waals surface area contributed by atoms with Crippen LogP contribution < -0.4 is 10.6 Å². The van der Waals surface area contributed by atoms with E-state index >= 15 is 0 Å². The Hall–Kier alpha value is -3.39. The smallest absolute Gasteiger partial charge is 0.340 e. The maximum atomic E-state index is 12.5. The first-order valence-corrected chi connectivity index (χ1v) is 8.38. The number of furan rings is 1. The Kier molecular flexibility index (Phi) is 5.14. The number of ether oxygens (including phenoxy) is 1. The number of thiophene rings is 1. The monoisotopic (exact) mass is 370 g/mol. The van der Waals surface area contributed by atoms with Crippen molar-refractivity contribution in [3.05, 3.63) is 71.0 Å². The van der Waals surface area contributed by atoms with Gasteiger partial charge in [-0.1, -0.05) is 6.07 Å². The van der Waals surface area contributed by atoms with Gasteiger partial charge in [-0.3, -0.25) is 9.59 Å². The molecule has 0 saturated heterocycles. The van der Waals surface area contributed by atoms with Crippen molar-refractivity contribution >= 4 is 39.8 Å². The van der Waals surface area contributed by atoms with E-state index in [9.17, 15) is 14.4 Å². The standard InChI is InChI=1S/C18H14N2O5S/c1-24-18(23)13-7-9-26-17(13)20-15(21)11-4-2-5-12(10-11)19-16(22)14-6-3-8-25-14/h2-10H,1H3,(H,19,22)(H,20,21). The van der Waals surface area contributed by atoms with Gasteiger partial charge < -0.3 is 19.8 Å². The van der Waals surface area contributed by atoms with Gasteiger partial charge in [0.15, 0.2) is 5.76 Å². The minimum Gasteiger partial charge on any atom is -0.465 e. The molecule has 0 aliphatic carbocycles. The maximum Gasteiger partial charge on any atom is 0.340 e. The average Bonchev–Trinajstić information content (AvgIpc) is 3.33. The second kappa shape index (κ2) is 7.66. The second-order valence-corrected chi connectivity index (χ2v) is 6.04. The van der Waals surface area contributed by atoms with Crippen LogP contribution >= 0.6 is 11.3 Å². The molecule has 2 aromatic heterocycles. The van der Waals surface area contributed by atoms with Crippen LogP contribution in [-0.4, -0.2) is 24.9 Å². The number of hydrogen-bond donors (Lipinski definition) is 2. The lowest BCUT2D eigenvalue weighted by Gasteiger charge is -2.08. The Morgan fingerprint density at radius 1 is 1.04 bits per heavy atom. The Bertz CT molecular complexity index is 946. The molecule has 132 valence electrons. The summed E-state index contributed by atoms with van der Waals surface area (Å²) in [6.07, 6.45) is 1.40. The third-order valence-corrected chi connectivity index (χ3v) is 4.26. The first kappa shape index (κ1) is 17.4. The van der Waals surface area contributed by atoms with E-state index in [0.29, 0.717) is 16.3 Å². The largest absolute Gasteiger partial charge is 0.465 e. The number of esters is 1. The van der Waals surface area contributed by atoms with Gasteiger partial charge in [0, 0.05) is 11.3 Å². The highest BCUT2D eigenvalue weighted by Crippen LogP contribution is 2.25. The maximum absolute atomic E-state index is 12.5. The Morgan fingerprint density at radius 2 is 1.88 bits per heavy atom. The van der Waals surface area contributed by atoms with Gasteiger partial charge >= 0.3 is 5.97 Å². The van der Waals surface area contributed by atoms with E-state index in [2.05, 4.69) is 15.4 Å². The lowest BCUT2D eigenvalue weighted by atomic mass is 10.2.